The summed E-state index contributed by atoms with van der Waals surface area (Å²) in [7, 11) is 3.23. The minimum Gasteiger partial charge on any atom is -0.493 e. The van der Waals surface area contributed by atoms with Crippen LogP contribution in [0, 0.1) is 5.92 Å². The number of nitrogens with one attached hydrogen (secondary N) is 1. The molecule has 2 fully saturated rings. The van der Waals surface area contributed by atoms with Crippen molar-refractivity contribution in [3.05, 3.63) is 35.5 Å². The first-order valence-electron chi connectivity index (χ1n) is 9.23. The minimum absolute atomic E-state index is 0.0602. The molecule has 1 saturated carbocycles. The number of nitrogens with zero attached hydrogens (tertiary/aromatic N) is 2. The number of hydrogen-bond acceptors (Lipinski definition) is 7. The number of hydrogen-bond donors (Lipinski definition) is 1. The van der Waals surface area contributed by atoms with Gasteiger partial charge in [-0.3, -0.25) is 4.79 Å². The van der Waals surface area contributed by atoms with Crippen molar-refractivity contribution in [3.63, 3.8) is 0 Å². The van der Waals surface area contributed by atoms with Crippen molar-refractivity contribution in [3.8, 4) is 11.5 Å². The Bertz CT molecular complexity index is 876. The average Bonchev–Trinajstić information content (AvgIpc) is 3.38. The lowest BCUT2D eigenvalue weighted by atomic mass is 9.80. The maximum absolute atomic E-state index is 12.2. The van der Waals surface area contributed by atoms with Crippen molar-refractivity contribution in [2.45, 2.75) is 37.5 Å². The molecule has 1 saturated heterocycles. The summed E-state index contributed by atoms with van der Waals surface area (Å²) >= 11 is 0. The lowest BCUT2D eigenvalue weighted by Crippen LogP contribution is -2.33. The van der Waals surface area contributed by atoms with Gasteiger partial charge in [-0.2, -0.15) is 4.98 Å². The molecule has 0 spiro atoms. The van der Waals surface area contributed by atoms with Crippen molar-refractivity contribution < 1.29 is 18.8 Å². The molecule has 0 bridgehead atoms. The smallest absolute Gasteiger partial charge is 0.234 e. The quantitative estimate of drug-likeness (QED) is 0.862. The summed E-state index contributed by atoms with van der Waals surface area (Å²) in [6.45, 7) is 5.49. The maximum atomic E-state index is 12.2. The highest BCUT2D eigenvalue weighted by Gasteiger charge is 2.56. The molecule has 2 heterocycles. The van der Waals surface area contributed by atoms with Gasteiger partial charge in [-0.25, -0.2) is 0 Å². The largest absolute Gasteiger partial charge is 0.493 e. The molecular weight excluding hydrogens is 346 g/mol. The van der Waals surface area contributed by atoms with E-state index < -0.39 is 5.41 Å². The number of carbonyl (C=O) groups is 1. The molecular formula is C20H25N3O4. The molecule has 0 radical (unpaired) electrons. The highest BCUT2D eigenvalue weighted by Crippen LogP contribution is 2.46. The number of carbonyl (C=O) groups excluding carboxylic acids is 1. The van der Waals surface area contributed by atoms with Crippen LogP contribution in [0.3, 0.4) is 0 Å². The average molecular weight is 371 g/mol. The van der Waals surface area contributed by atoms with Gasteiger partial charge in [-0.05, 0) is 38.0 Å². The molecule has 144 valence electrons. The number of ketones is 1. The first-order chi connectivity index (χ1) is 12.9. The summed E-state index contributed by atoms with van der Waals surface area (Å²) < 4.78 is 16.5. The Morgan fingerprint density at radius 3 is 2.78 bits per heavy atom. The van der Waals surface area contributed by atoms with Gasteiger partial charge in [0.15, 0.2) is 17.3 Å². The summed E-state index contributed by atoms with van der Waals surface area (Å²) in [5.41, 5.74) is 0.159. The zero-order valence-electron chi connectivity index (χ0n) is 16.2. The first kappa shape index (κ1) is 18.0. The van der Waals surface area contributed by atoms with Gasteiger partial charge in [0.1, 0.15) is 5.78 Å². The summed E-state index contributed by atoms with van der Waals surface area (Å²) in [4.78, 5) is 17.0. The number of Topliss-reactive ketones (excluding diaryl/α,β-unsaturated/α-hetero) is 1. The number of benzene rings is 1. The Balaban J connectivity index is 1.69. The van der Waals surface area contributed by atoms with E-state index in [4.69, 9.17) is 19.0 Å². The van der Waals surface area contributed by atoms with Crippen LogP contribution in [0.5, 0.6) is 11.5 Å². The van der Waals surface area contributed by atoms with Crippen LogP contribution in [0.1, 0.15) is 44.0 Å². The highest BCUT2D eigenvalue weighted by molar-refractivity contribution is 5.86. The van der Waals surface area contributed by atoms with Crippen molar-refractivity contribution >= 4 is 5.78 Å². The van der Waals surface area contributed by atoms with Crippen LogP contribution in [-0.2, 0) is 15.6 Å². The monoisotopic (exact) mass is 371 g/mol. The van der Waals surface area contributed by atoms with Gasteiger partial charge < -0.3 is 19.3 Å². The Hall–Kier alpha value is -2.41. The Morgan fingerprint density at radius 1 is 1.26 bits per heavy atom. The Morgan fingerprint density at radius 2 is 2.04 bits per heavy atom. The molecule has 1 aliphatic carbocycles. The van der Waals surface area contributed by atoms with E-state index in [1.165, 1.54) is 0 Å². The molecule has 7 heteroatoms. The van der Waals surface area contributed by atoms with E-state index in [1.807, 2.05) is 32.0 Å². The van der Waals surface area contributed by atoms with Gasteiger partial charge in [0.25, 0.3) is 0 Å². The topological polar surface area (TPSA) is 86.5 Å². The lowest BCUT2D eigenvalue weighted by Gasteiger charge is -2.23. The molecule has 1 N–H and O–H groups in total. The van der Waals surface area contributed by atoms with Crippen LogP contribution in [-0.4, -0.2) is 43.2 Å². The van der Waals surface area contributed by atoms with E-state index in [9.17, 15) is 4.79 Å². The molecule has 7 nitrogen and oxygen atoms in total. The predicted octanol–water partition coefficient (Wildman–Crippen LogP) is 2.23. The molecule has 27 heavy (non-hydrogen) atoms. The Kier molecular flexibility index (Phi) is 4.22. The molecule has 1 aromatic carbocycles. The summed E-state index contributed by atoms with van der Waals surface area (Å²) in [6.07, 6.45) is 1.35. The van der Waals surface area contributed by atoms with Crippen molar-refractivity contribution in [1.29, 1.82) is 0 Å². The second-order valence-electron chi connectivity index (χ2n) is 7.92. The van der Waals surface area contributed by atoms with Gasteiger partial charge in [0.05, 0.1) is 25.0 Å². The Labute approximate surface area is 158 Å². The van der Waals surface area contributed by atoms with Crippen molar-refractivity contribution in [1.82, 2.24) is 15.5 Å². The highest BCUT2D eigenvalue weighted by atomic mass is 16.5. The second-order valence-corrected chi connectivity index (χ2v) is 7.92. The van der Waals surface area contributed by atoms with E-state index >= 15 is 0 Å². The summed E-state index contributed by atoms with van der Waals surface area (Å²) in [5, 5.41) is 7.61. The molecule has 0 amide bonds. The van der Waals surface area contributed by atoms with Crippen LogP contribution in [0.2, 0.25) is 0 Å². The van der Waals surface area contributed by atoms with Gasteiger partial charge in [0.2, 0.25) is 5.89 Å². The lowest BCUT2D eigenvalue weighted by molar-refractivity contribution is -0.120. The first-order valence-corrected chi connectivity index (χ1v) is 9.23. The van der Waals surface area contributed by atoms with Crippen LogP contribution in [0.4, 0.5) is 0 Å². The van der Waals surface area contributed by atoms with Crippen LogP contribution in [0.25, 0.3) is 0 Å². The van der Waals surface area contributed by atoms with Gasteiger partial charge in [0, 0.05) is 25.4 Å². The number of ether oxygens (including phenoxy) is 2. The SMILES string of the molecule is COc1ccc(C(C)(C)c2noc(C34CCC(=O)C3CNC4)n2)cc1OC. The molecule has 1 aliphatic heterocycles. The zero-order valence-corrected chi connectivity index (χ0v) is 16.2. The number of aromatic nitrogens is 2. The maximum Gasteiger partial charge on any atom is 0.234 e. The fraction of sp³-hybridized carbons (Fsp3) is 0.550. The van der Waals surface area contributed by atoms with E-state index in [0.29, 0.717) is 48.5 Å². The van der Waals surface area contributed by atoms with Gasteiger partial charge in [-0.15, -0.1) is 0 Å². The van der Waals surface area contributed by atoms with Crippen LogP contribution < -0.4 is 14.8 Å². The van der Waals surface area contributed by atoms with Gasteiger partial charge in [-0.1, -0.05) is 11.2 Å². The summed E-state index contributed by atoms with van der Waals surface area (Å²) in [5.74, 6) is 2.74. The predicted molar refractivity (Wildman–Crippen MR) is 98.3 cm³/mol. The number of methoxy groups -OCH3 is 2. The third-order valence-electron chi connectivity index (χ3n) is 6.18. The minimum atomic E-state index is -0.484. The van der Waals surface area contributed by atoms with E-state index in [0.717, 1.165) is 12.0 Å². The molecule has 4 rings (SSSR count). The molecule has 2 atom stereocenters. The van der Waals surface area contributed by atoms with Crippen molar-refractivity contribution in [2.24, 2.45) is 5.92 Å². The number of rotatable bonds is 5. The zero-order chi connectivity index (χ0) is 19.2. The normalized spacial score (nSPS) is 24.9. The third kappa shape index (κ3) is 2.64. The molecule has 2 unspecified atom stereocenters. The fourth-order valence-corrected chi connectivity index (χ4v) is 4.33. The number of fused-ring (bicyclic) bond motifs is 1. The third-order valence-corrected chi connectivity index (χ3v) is 6.18. The molecule has 2 aliphatic rings. The van der Waals surface area contributed by atoms with Crippen LogP contribution in [0.15, 0.2) is 22.7 Å². The molecule has 2 aromatic rings. The summed E-state index contributed by atoms with van der Waals surface area (Å²) in [6, 6.07) is 5.79. The van der Waals surface area contributed by atoms with E-state index in [2.05, 4.69) is 10.5 Å². The standard InChI is InChI=1S/C20H25N3O4/c1-19(2,12-5-6-15(25-3)16(9-12)26-4)17-22-18(27-23-17)20-8-7-14(24)13(20)10-21-11-20/h5-6,9,13,21H,7-8,10-11H2,1-4H3. The second kappa shape index (κ2) is 6.34. The van der Waals surface area contributed by atoms with Gasteiger partial charge >= 0.3 is 0 Å². The van der Waals surface area contributed by atoms with Crippen LogP contribution >= 0.6 is 0 Å². The van der Waals surface area contributed by atoms with Crippen molar-refractivity contribution in [2.75, 3.05) is 27.3 Å². The fourth-order valence-electron chi connectivity index (χ4n) is 4.33. The van der Waals surface area contributed by atoms with E-state index in [-0.39, 0.29) is 11.3 Å². The van der Waals surface area contributed by atoms with E-state index in [1.54, 1.807) is 14.2 Å². The molecule has 1 aromatic heterocycles.